The van der Waals surface area contributed by atoms with E-state index in [9.17, 15) is 5.11 Å². The van der Waals surface area contributed by atoms with E-state index in [1.165, 1.54) is 0 Å². The van der Waals surface area contributed by atoms with Gasteiger partial charge in [0, 0.05) is 11.4 Å². The molecule has 1 aromatic rings. The van der Waals surface area contributed by atoms with E-state index in [1.807, 2.05) is 32.0 Å². The first-order valence-corrected chi connectivity index (χ1v) is 5.52. The molecule has 0 bridgehead atoms. The van der Waals surface area contributed by atoms with Crippen LogP contribution in [0.2, 0.25) is 5.02 Å². The Morgan fingerprint density at radius 3 is 2.80 bits per heavy atom. The van der Waals surface area contributed by atoms with E-state index in [1.54, 1.807) is 0 Å². The lowest BCUT2D eigenvalue weighted by atomic mass is 9.87. The van der Waals surface area contributed by atoms with Crippen molar-refractivity contribution in [2.75, 3.05) is 6.61 Å². The minimum Gasteiger partial charge on any atom is -0.382 e. The standard InChI is InChI=1S/C12H15ClO2/c1-8-3-4-10(7-11(8)13)12(14)5-6-15-9(12)2/h3-4,7,9,14H,5-6H2,1-2H3. The fourth-order valence-electron chi connectivity index (χ4n) is 1.97. The Kier molecular flexibility index (Phi) is 2.75. The largest absolute Gasteiger partial charge is 0.382 e. The third-order valence-corrected chi connectivity index (χ3v) is 3.60. The van der Waals surface area contributed by atoms with Gasteiger partial charge in [0.05, 0.1) is 12.7 Å². The normalized spacial score (nSPS) is 30.8. The number of rotatable bonds is 1. The molecule has 0 amide bonds. The zero-order valence-electron chi connectivity index (χ0n) is 8.96. The second-order valence-electron chi connectivity index (χ2n) is 4.15. The fraction of sp³-hybridized carbons (Fsp3) is 0.500. The van der Waals surface area contributed by atoms with Crippen LogP contribution in [0.25, 0.3) is 0 Å². The summed E-state index contributed by atoms with van der Waals surface area (Å²) in [5.41, 5.74) is 0.996. The highest BCUT2D eigenvalue weighted by atomic mass is 35.5. The van der Waals surface area contributed by atoms with Crippen LogP contribution in [-0.4, -0.2) is 17.8 Å². The highest BCUT2D eigenvalue weighted by Gasteiger charge is 2.41. The van der Waals surface area contributed by atoms with Crippen molar-refractivity contribution in [3.63, 3.8) is 0 Å². The van der Waals surface area contributed by atoms with Crippen LogP contribution >= 0.6 is 11.6 Å². The molecule has 0 radical (unpaired) electrons. The average Bonchev–Trinajstić information content (AvgIpc) is 2.53. The number of hydrogen-bond donors (Lipinski definition) is 1. The van der Waals surface area contributed by atoms with E-state index in [2.05, 4.69) is 0 Å². The van der Waals surface area contributed by atoms with Crippen molar-refractivity contribution in [2.45, 2.75) is 32.0 Å². The summed E-state index contributed by atoms with van der Waals surface area (Å²) in [4.78, 5) is 0. The highest BCUT2D eigenvalue weighted by Crippen LogP contribution is 2.37. The lowest BCUT2D eigenvalue weighted by Crippen LogP contribution is -2.33. The van der Waals surface area contributed by atoms with Crippen LogP contribution in [0.4, 0.5) is 0 Å². The van der Waals surface area contributed by atoms with Crippen LogP contribution in [0.5, 0.6) is 0 Å². The molecule has 0 aliphatic carbocycles. The number of aryl methyl sites for hydroxylation is 1. The van der Waals surface area contributed by atoms with E-state index in [4.69, 9.17) is 16.3 Å². The van der Waals surface area contributed by atoms with E-state index < -0.39 is 5.60 Å². The van der Waals surface area contributed by atoms with Gasteiger partial charge in [-0.05, 0) is 31.0 Å². The molecule has 2 rings (SSSR count). The van der Waals surface area contributed by atoms with Crippen LogP contribution in [-0.2, 0) is 10.3 Å². The third-order valence-electron chi connectivity index (χ3n) is 3.20. The molecule has 2 nitrogen and oxygen atoms in total. The first-order valence-electron chi connectivity index (χ1n) is 5.14. The van der Waals surface area contributed by atoms with Crippen molar-refractivity contribution in [3.05, 3.63) is 34.3 Å². The summed E-state index contributed by atoms with van der Waals surface area (Å²) in [6.07, 6.45) is 0.462. The van der Waals surface area contributed by atoms with Gasteiger partial charge in [-0.3, -0.25) is 0 Å². The lowest BCUT2D eigenvalue weighted by Gasteiger charge is -2.26. The molecular formula is C12H15ClO2. The van der Waals surface area contributed by atoms with E-state index in [0.717, 1.165) is 11.1 Å². The summed E-state index contributed by atoms with van der Waals surface area (Å²) in [5, 5.41) is 11.2. The summed E-state index contributed by atoms with van der Waals surface area (Å²) in [5.74, 6) is 0. The van der Waals surface area contributed by atoms with E-state index in [-0.39, 0.29) is 6.10 Å². The third kappa shape index (κ3) is 1.78. The van der Waals surface area contributed by atoms with Crippen LogP contribution in [0, 0.1) is 6.92 Å². The minimum atomic E-state index is -0.878. The Bertz CT molecular complexity index is 378. The maximum atomic E-state index is 10.5. The second kappa shape index (κ2) is 3.78. The molecule has 2 atom stereocenters. The molecule has 1 aliphatic rings. The van der Waals surface area contributed by atoms with Crippen molar-refractivity contribution in [1.82, 2.24) is 0 Å². The number of benzene rings is 1. The van der Waals surface area contributed by atoms with Crippen molar-refractivity contribution in [2.24, 2.45) is 0 Å². The van der Waals surface area contributed by atoms with Crippen LogP contribution in [0.1, 0.15) is 24.5 Å². The molecule has 0 aromatic heterocycles. The Morgan fingerprint density at radius 1 is 1.53 bits per heavy atom. The Balaban J connectivity index is 2.40. The van der Waals surface area contributed by atoms with Gasteiger partial charge >= 0.3 is 0 Å². The van der Waals surface area contributed by atoms with Crippen molar-refractivity contribution in [3.8, 4) is 0 Å². The molecule has 1 N–H and O–H groups in total. The maximum Gasteiger partial charge on any atom is 0.118 e. The summed E-state index contributed by atoms with van der Waals surface area (Å²) in [6.45, 7) is 4.44. The predicted molar refractivity (Wildman–Crippen MR) is 60.1 cm³/mol. The molecule has 1 saturated heterocycles. The summed E-state index contributed by atoms with van der Waals surface area (Å²) >= 11 is 6.05. The molecule has 1 aliphatic heterocycles. The van der Waals surface area contributed by atoms with Gasteiger partial charge in [0.15, 0.2) is 0 Å². The lowest BCUT2D eigenvalue weighted by molar-refractivity contribution is -0.0317. The molecule has 1 heterocycles. The number of hydrogen-bond acceptors (Lipinski definition) is 2. The fourth-order valence-corrected chi connectivity index (χ4v) is 2.15. The number of halogens is 1. The molecular weight excluding hydrogens is 212 g/mol. The quantitative estimate of drug-likeness (QED) is 0.798. The van der Waals surface area contributed by atoms with Gasteiger partial charge in [-0.25, -0.2) is 0 Å². The molecule has 3 heteroatoms. The molecule has 1 fully saturated rings. The van der Waals surface area contributed by atoms with E-state index >= 15 is 0 Å². The van der Waals surface area contributed by atoms with Gasteiger partial charge in [-0.2, -0.15) is 0 Å². The first kappa shape index (κ1) is 10.9. The van der Waals surface area contributed by atoms with Gasteiger partial charge in [0.1, 0.15) is 5.60 Å². The van der Waals surface area contributed by atoms with Crippen molar-refractivity contribution in [1.29, 1.82) is 0 Å². The predicted octanol–water partition coefficient (Wildman–Crippen LogP) is 2.64. The number of aliphatic hydroxyl groups is 1. The minimum absolute atomic E-state index is 0.170. The van der Waals surface area contributed by atoms with Gasteiger partial charge in [0.2, 0.25) is 0 Å². The SMILES string of the molecule is Cc1ccc(C2(O)CCOC2C)cc1Cl. The molecule has 0 saturated carbocycles. The highest BCUT2D eigenvalue weighted by molar-refractivity contribution is 6.31. The van der Waals surface area contributed by atoms with Crippen LogP contribution in [0.3, 0.4) is 0 Å². The Morgan fingerprint density at radius 2 is 2.27 bits per heavy atom. The molecule has 82 valence electrons. The van der Waals surface area contributed by atoms with Crippen molar-refractivity contribution < 1.29 is 9.84 Å². The van der Waals surface area contributed by atoms with Gasteiger partial charge < -0.3 is 9.84 Å². The smallest absolute Gasteiger partial charge is 0.118 e. The average molecular weight is 227 g/mol. The van der Waals surface area contributed by atoms with Gasteiger partial charge in [0.25, 0.3) is 0 Å². The van der Waals surface area contributed by atoms with Crippen molar-refractivity contribution >= 4 is 11.6 Å². The maximum absolute atomic E-state index is 10.5. The zero-order valence-corrected chi connectivity index (χ0v) is 9.71. The Hall–Kier alpha value is -0.570. The van der Waals surface area contributed by atoms with Gasteiger partial charge in [-0.15, -0.1) is 0 Å². The summed E-state index contributed by atoms with van der Waals surface area (Å²) in [6, 6.07) is 5.69. The molecule has 2 unspecified atom stereocenters. The number of ether oxygens (including phenoxy) is 1. The second-order valence-corrected chi connectivity index (χ2v) is 4.56. The first-order chi connectivity index (χ1) is 7.04. The monoisotopic (exact) mass is 226 g/mol. The summed E-state index contributed by atoms with van der Waals surface area (Å²) in [7, 11) is 0. The molecule has 15 heavy (non-hydrogen) atoms. The topological polar surface area (TPSA) is 29.5 Å². The summed E-state index contributed by atoms with van der Waals surface area (Å²) < 4.78 is 5.40. The Labute approximate surface area is 94.8 Å². The molecule has 1 aromatic carbocycles. The van der Waals surface area contributed by atoms with Crippen LogP contribution < -0.4 is 0 Å². The molecule has 0 spiro atoms. The van der Waals surface area contributed by atoms with Crippen LogP contribution in [0.15, 0.2) is 18.2 Å². The van der Waals surface area contributed by atoms with E-state index in [0.29, 0.717) is 18.1 Å². The zero-order chi connectivity index (χ0) is 11.1. The van der Waals surface area contributed by atoms with Gasteiger partial charge in [-0.1, -0.05) is 23.7 Å².